The highest BCUT2D eigenvalue weighted by Crippen LogP contribution is 2.34. The monoisotopic (exact) mass is 301 g/mol. The summed E-state index contributed by atoms with van der Waals surface area (Å²) in [4.78, 5) is 1.96. The van der Waals surface area contributed by atoms with Crippen molar-refractivity contribution in [3.63, 3.8) is 0 Å². The van der Waals surface area contributed by atoms with Crippen LogP contribution in [-0.2, 0) is 9.47 Å². The lowest BCUT2D eigenvalue weighted by Crippen LogP contribution is -2.54. The van der Waals surface area contributed by atoms with Crippen LogP contribution in [0.3, 0.4) is 0 Å². The lowest BCUT2D eigenvalue weighted by Gasteiger charge is -2.35. The van der Waals surface area contributed by atoms with Crippen LogP contribution in [-0.4, -0.2) is 72.9 Å². The van der Waals surface area contributed by atoms with E-state index >= 15 is 0 Å². The number of nitrogens with two attached hydrogens (primary N) is 1. The highest BCUT2D eigenvalue weighted by Gasteiger charge is 2.52. The Morgan fingerprint density at radius 1 is 1.52 bits per heavy atom. The Balaban J connectivity index is 1.81. The molecular formula is C12H23N5O4. The lowest BCUT2D eigenvalue weighted by atomic mass is 9.95. The fraction of sp³-hybridized carbons (Fsp3) is 0.833. The lowest BCUT2D eigenvalue weighted by molar-refractivity contribution is -0.105. The van der Waals surface area contributed by atoms with Gasteiger partial charge in [-0.2, -0.15) is 0 Å². The van der Waals surface area contributed by atoms with Crippen molar-refractivity contribution < 1.29 is 19.7 Å². The van der Waals surface area contributed by atoms with E-state index < -0.39 is 17.9 Å². The molecule has 0 amide bonds. The second kappa shape index (κ2) is 5.59. The van der Waals surface area contributed by atoms with Gasteiger partial charge in [0.05, 0.1) is 25.6 Å². The van der Waals surface area contributed by atoms with Crippen LogP contribution in [0, 0.1) is 0 Å². The largest absolute Gasteiger partial charge is 0.396 e. The van der Waals surface area contributed by atoms with E-state index in [1.54, 1.807) is 0 Å². The molecule has 120 valence electrons. The van der Waals surface area contributed by atoms with E-state index in [0.29, 0.717) is 13.3 Å². The molecule has 0 radical (unpaired) electrons. The third-order valence-corrected chi connectivity index (χ3v) is 4.27. The third kappa shape index (κ3) is 2.35. The Morgan fingerprint density at radius 3 is 3.05 bits per heavy atom. The van der Waals surface area contributed by atoms with Crippen LogP contribution >= 0.6 is 0 Å². The van der Waals surface area contributed by atoms with E-state index in [4.69, 9.17) is 20.3 Å². The molecule has 1 saturated heterocycles. The van der Waals surface area contributed by atoms with Crippen molar-refractivity contribution in [1.82, 2.24) is 20.9 Å². The summed E-state index contributed by atoms with van der Waals surface area (Å²) in [6, 6.07) is 0. The van der Waals surface area contributed by atoms with Crippen LogP contribution in [0.1, 0.15) is 6.42 Å². The first-order valence-corrected chi connectivity index (χ1v) is 7.06. The van der Waals surface area contributed by atoms with Crippen LogP contribution < -0.4 is 21.7 Å². The van der Waals surface area contributed by atoms with E-state index in [0.717, 1.165) is 11.5 Å². The number of hydrogen-bond acceptors (Lipinski definition) is 9. The van der Waals surface area contributed by atoms with Gasteiger partial charge >= 0.3 is 0 Å². The minimum atomic E-state index is -1.19. The molecule has 0 bridgehead atoms. The summed E-state index contributed by atoms with van der Waals surface area (Å²) in [7, 11) is 1.54. The van der Waals surface area contributed by atoms with Crippen molar-refractivity contribution in [2.45, 2.75) is 30.5 Å². The quantitative estimate of drug-likeness (QED) is 0.321. The fourth-order valence-electron chi connectivity index (χ4n) is 3.17. The van der Waals surface area contributed by atoms with E-state index in [1.807, 2.05) is 4.90 Å². The Hall–Kier alpha value is -1.10. The number of rotatable bonds is 4. The van der Waals surface area contributed by atoms with Crippen LogP contribution in [0.4, 0.5) is 0 Å². The molecule has 3 rings (SSSR count). The van der Waals surface area contributed by atoms with Crippen molar-refractivity contribution in [2.75, 3.05) is 33.7 Å². The highest BCUT2D eigenvalue weighted by atomic mass is 16.6. The van der Waals surface area contributed by atoms with E-state index in [1.165, 1.54) is 7.11 Å². The molecule has 0 aromatic heterocycles. The molecular weight excluding hydrogens is 278 g/mol. The first-order chi connectivity index (χ1) is 10.1. The third-order valence-electron chi connectivity index (χ3n) is 4.27. The Labute approximate surface area is 123 Å². The van der Waals surface area contributed by atoms with Gasteiger partial charge < -0.3 is 41.0 Å². The Kier molecular flexibility index (Phi) is 3.95. The minimum absolute atomic E-state index is 0.119. The van der Waals surface area contributed by atoms with Crippen molar-refractivity contribution in [3.05, 3.63) is 11.5 Å². The van der Waals surface area contributed by atoms with E-state index in [-0.39, 0.29) is 25.8 Å². The van der Waals surface area contributed by atoms with Gasteiger partial charge in [0.25, 0.3) is 0 Å². The average Bonchev–Trinajstić information content (AvgIpc) is 3.01. The fourth-order valence-corrected chi connectivity index (χ4v) is 3.17. The van der Waals surface area contributed by atoms with Crippen molar-refractivity contribution in [1.29, 1.82) is 0 Å². The summed E-state index contributed by atoms with van der Waals surface area (Å²) in [6.07, 6.45) is -1.04. The summed E-state index contributed by atoms with van der Waals surface area (Å²) in [5.74, 6) is 0.863. The number of nitrogens with zero attached hydrogens (tertiary/aromatic N) is 1. The summed E-state index contributed by atoms with van der Waals surface area (Å²) < 4.78 is 11.2. The van der Waals surface area contributed by atoms with Crippen LogP contribution in [0.25, 0.3) is 0 Å². The molecule has 1 fully saturated rings. The maximum Gasteiger partial charge on any atom is 0.162 e. The highest BCUT2D eigenvalue weighted by molar-refractivity contribution is 5.23. The standard InChI is InChI=1S/C12H23N5O4/c1-20-8-11(21-4-12(8,19)2-3-18)17-6-16-7-9(13)14-5-15-10(7)17/h8-9,11,14-16,18-19H,2-6,13H2,1H3/t8?,9?,11-,12?/m1/s1. The summed E-state index contributed by atoms with van der Waals surface area (Å²) in [5.41, 5.74) is 5.68. The normalized spacial score (nSPS) is 39.2. The zero-order valence-electron chi connectivity index (χ0n) is 12.0. The smallest absolute Gasteiger partial charge is 0.162 e. The summed E-state index contributed by atoms with van der Waals surface area (Å²) in [5, 5.41) is 29.3. The van der Waals surface area contributed by atoms with Crippen LogP contribution in [0.5, 0.6) is 0 Å². The molecule has 3 heterocycles. The Bertz CT molecular complexity index is 434. The number of methoxy groups -OCH3 is 1. The van der Waals surface area contributed by atoms with Crippen LogP contribution in [0.2, 0.25) is 0 Å². The molecule has 4 atom stereocenters. The van der Waals surface area contributed by atoms with Gasteiger partial charge in [0.2, 0.25) is 0 Å². The molecule has 0 saturated carbocycles. The first kappa shape index (κ1) is 14.8. The average molecular weight is 301 g/mol. The molecule has 0 aromatic carbocycles. The van der Waals surface area contributed by atoms with Crippen LogP contribution in [0.15, 0.2) is 11.5 Å². The van der Waals surface area contributed by atoms with Gasteiger partial charge in [-0.25, -0.2) is 0 Å². The van der Waals surface area contributed by atoms with Gasteiger partial charge in [0.1, 0.15) is 23.7 Å². The number of ether oxygens (including phenoxy) is 2. The van der Waals surface area contributed by atoms with Gasteiger partial charge in [-0.1, -0.05) is 0 Å². The first-order valence-electron chi connectivity index (χ1n) is 7.06. The van der Waals surface area contributed by atoms with E-state index in [9.17, 15) is 5.11 Å². The van der Waals surface area contributed by atoms with Crippen molar-refractivity contribution in [2.24, 2.45) is 5.73 Å². The molecule has 9 heteroatoms. The Morgan fingerprint density at radius 2 is 2.33 bits per heavy atom. The molecule has 0 aromatic rings. The zero-order chi connectivity index (χ0) is 15.0. The van der Waals surface area contributed by atoms with E-state index in [2.05, 4.69) is 16.0 Å². The summed E-state index contributed by atoms with van der Waals surface area (Å²) >= 11 is 0. The predicted molar refractivity (Wildman–Crippen MR) is 73.2 cm³/mol. The van der Waals surface area contributed by atoms with Gasteiger partial charge in [0, 0.05) is 20.1 Å². The number of aliphatic hydroxyl groups excluding tert-OH is 1. The molecule has 3 unspecified atom stereocenters. The summed E-state index contributed by atoms with van der Waals surface area (Å²) in [6.45, 7) is 1.09. The second-order valence-electron chi connectivity index (χ2n) is 5.54. The zero-order valence-corrected chi connectivity index (χ0v) is 12.0. The predicted octanol–water partition coefficient (Wildman–Crippen LogP) is -3.06. The molecule has 3 aliphatic rings. The molecule has 3 aliphatic heterocycles. The van der Waals surface area contributed by atoms with Gasteiger partial charge in [0.15, 0.2) is 6.23 Å². The van der Waals surface area contributed by atoms with Gasteiger partial charge in [-0.3, -0.25) is 5.32 Å². The topological polar surface area (TPSA) is 124 Å². The number of hydrogen-bond donors (Lipinski definition) is 6. The maximum absolute atomic E-state index is 10.6. The molecule has 0 aliphatic carbocycles. The van der Waals surface area contributed by atoms with Crippen molar-refractivity contribution >= 4 is 0 Å². The number of aliphatic hydroxyl groups is 2. The molecule has 0 spiro atoms. The SMILES string of the molecule is COC1[C@H](N2CNC3=C2NCNC3N)OCC1(O)CCO. The maximum atomic E-state index is 10.6. The molecule has 9 nitrogen and oxygen atoms in total. The number of nitrogens with one attached hydrogen (secondary N) is 3. The molecule has 7 N–H and O–H groups in total. The minimum Gasteiger partial charge on any atom is -0.396 e. The van der Waals surface area contributed by atoms with Gasteiger partial charge in [-0.05, 0) is 0 Å². The molecule has 21 heavy (non-hydrogen) atoms. The van der Waals surface area contributed by atoms with Gasteiger partial charge in [-0.15, -0.1) is 0 Å². The van der Waals surface area contributed by atoms with Crippen molar-refractivity contribution in [3.8, 4) is 0 Å². The second-order valence-corrected chi connectivity index (χ2v) is 5.54.